The van der Waals surface area contributed by atoms with Gasteiger partial charge in [-0.15, -0.1) is 0 Å². The molecule has 0 fully saturated rings. The van der Waals surface area contributed by atoms with Gasteiger partial charge in [-0.3, -0.25) is 0 Å². The Morgan fingerprint density at radius 1 is 1.47 bits per heavy atom. The molecule has 2 rings (SSSR count). The second-order valence-corrected chi connectivity index (χ2v) is 3.20. The summed E-state index contributed by atoms with van der Waals surface area (Å²) < 4.78 is 17.6. The number of aliphatic hydroxyl groups is 1. The van der Waals surface area contributed by atoms with Crippen LogP contribution in [0.5, 0.6) is 0 Å². The van der Waals surface area contributed by atoms with Gasteiger partial charge in [-0.05, 0) is 18.2 Å². The van der Waals surface area contributed by atoms with E-state index in [1.165, 1.54) is 18.2 Å². The van der Waals surface area contributed by atoms with E-state index in [0.29, 0.717) is 10.6 Å². The van der Waals surface area contributed by atoms with Crippen LogP contribution >= 0.6 is 11.6 Å². The Bertz CT molecular complexity index is 487. The highest BCUT2D eigenvalue weighted by Gasteiger charge is 2.11. The second kappa shape index (κ2) is 3.96. The van der Waals surface area contributed by atoms with Crippen molar-refractivity contribution in [2.24, 2.45) is 0 Å². The molecule has 0 aliphatic heterocycles. The predicted molar refractivity (Wildman–Crippen MR) is 50.6 cm³/mol. The number of hydrogen-bond acceptors (Lipinski definition) is 4. The van der Waals surface area contributed by atoms with E-state index in [2.05, 4.69) is 14.7 Å². The van der Waals surface area contributed by atoms with Gasteiger partial charge in [0.15, 0.2) is 0 Å². The van der Waals surface area contributed by atoms with Crippen molar-refractivity contribution in [2.75, 3.05) is 0 Å². The van der Waals surface area contributed by atoms with Crippen LogP contribution in [0.15, 0.2) is 22.7 Å². The highest BCUT2D eigenvalue weighted by atomic mass is 35.5. The normalized spacial score (nSPS) is 10.6. The lowest BCUT2D eigenvalue weighted by Gasteiger charge is -1.97. The van der Waals surface area contributed by atoms with E-state index >= 15 is 0 Å². The minimum atomic E-state index is -0.440. The number of aliphatic hydroxyl groups excluding tert-OH is 1. The molecule has 15 heavy (non-hydrogen) atoms. The van der Waals surface area contributed by atoms with Crippen molar-refractivity contribution in [3.05, 3.63) is 34.9 Å². The minimum absolute atomic E-state index is 0.0605. The van der Waals surface area contributed by atoms with Crippen LogP contribution in [0.4, 0.5) is 4.39 Å². The third kappa shape index (κ3) is 1.98. The van der Waals surface area contributed by atoms with Crippen molar-refractivity contribution >= 4 is 11.6 Å². The van der Waals surface area contributed by atoms with E-state index in [0.717, 1.165) is 0 Å². The van der Waals surface area contributed by atoms with Gasteiger partial charge in [0, 0.05) is 5.56 Å². The van der Waals surface area contributed by atoms with E-state index in [9.17, 15) is 4.39 Å². The third-order valence-corrected chi connectivity index (χ3v) is 2.10. The molecule has 1 aromatic carbocycles. The average molecular weight is 229 g/mol. The topological polar surface area (TPSA) is 59.2 Å². The van der Waals surface area contributed by atoms with Crippen LogP contribution in [0, 0.1) is 5.82 Å². The maximum absolute atomic E-state index is 12.9. The van der Waals surface area contributed by atoms with E-state index in [1.54, 1.807) is 0 Å². The minimum Gasteiger partial charge on any atom is -0.387 e. The molecule has 1 N–H and O–H groups in total. The first-order chi connectivity index (χ1) is 7.20. The Labute approximate surface area is 89.3 Å². The molecular formula is C9H6ClFN2O2. The highest BCUT2D eigenvalue weighted by Crippen LogP contribution is 2.26. The first kappa shape index (κ1) is 10.1. The zero-order valence-electron chi connectivity index (χ0n) is 7.44. The van der Waals surface area contributed by atoms with Crippen molar-refractivity contribution < 1.29 is 14.0 Å². The summed E-state index contributed by atoms with van der Waals surface area (Å²) in [6, 6.07) is 3.84. The molecule has 0 saturated carbocycles. The van der Waals surface area contributed by atoms with E-state index in [1.807, 2.05) is 0 Å². The summed E-state index contributed by atoms with van der Waals surface area (Å²) in [4.78, 5) is 3.82. The van der Waals surface area contributed by atoms with Crippen LogP contribution < -0.4 is 0 Å². The Morgan fingerprint density at radius 3 is 2.93 bits per heavy atom. The van der Waals surface area contributed by atoms with Gasteiger partial charge in [0.25, 0.3) is 5.89 Å². The molecular weight excluding hydrogens is 223 g/mol. The predicted octanol–water partition coefficient (Wildman–Crippen LogP) is 2.02. The second-order valence-electron chi connectivity index (χ2n) is 2.79. The maximum Gasteiger partial charge on any atom is 0.252 e. The lowest BCUT2D eigenvalue weighted by Crippen LogP contribution is -1.86. The molecule has 4 nitrogen and oxygen atoms in total. The molecule has 2 aromatic rings. The summed E-state index contributed by atoms with van der Waals surface area (Å²) in [5.41, 5.74) is 0.333. The summed E-state index contributed by atoms with van der Waals surface area (Å²) in [6.45, 7) is -0.361. The summed E-state index contributed by atoms with van der Waals surface area (Å²) in [6.07, 6.45) is 0. The maximum atomic E-state index is 12.9. The Kier molecular flexibility index (Phi) is 2.66. The molecule has 1 heterocycles. The molecule has 78 valence electrons. The molecule has 0 amide bonds. The van der Waals surface area contributed by atoms with E-state index in [-0.39, 0.29) is 18.3 Å². The molecule has 1 aromatic heterocycles. The monoisotopic (exact) mass is 228 g/mol. The summed E-state index contributed by atoms with van der Waals surface area (Å²) in [5, 5.41) is 12.6. The van der Waals surface area contributed by atoms with Crippen LogP contribution in [0.25, 0.3) is 11.4 Å². The first-order valence-corrected chi connectivity index (χ1v) is 4.47. The number of rotatable bonds is 2. The van der Waals surface area contributed by atoms with Gasteiger partial charge in [0.05, 0.1) is 5.02 Å². The largest absolute Gasteiger partial charge is 0.387 e. The SMILES string of the molecule is OCc1nc(-c2cc(F)ccc2Cl)no1. The summed E-state index contributed by atoms with van der Waals surface area (Å²) >= 11 is 5.83. The molecule has 0 aliphatic carbocycles. The number of aromatic nitrogens is 2. The molecule has 0 saturated heterocycles. The highest BCUT2D eigenvalue weighted by molar-refractivity contribution is 6.33. The zero-order valence-corrected chi connectivity index (χ0v) is 8.20. The van der Waals surface area contributed by atoms with Crippen LogP contribution in [-0.4, -0.2) is 15.2 Å². The number of hydrogen-bond donors (Lipinski definition) is 1. The Balaban J connectivity index is 2.48. The van der Waals surface area contributed by atoms with E-state index < -0.39 is 5.82 Å². The van der Waals surface area contributed by atoms with Crippen molar-refractivity contribution in [3.63, 3.8) is 0 Å². The van der Waals surface area contributed by atoms with Crippen LogP contribution in [0.2, 0.25) is 5.02 Å². The molecule has 0 aliphatic rings. The Morgan fingerprint density at radius 2 is 2.27 bits per heavy atom. The average Bonchev–Trinajstić information content (AvgIpc) is 2.70. The summed E-state index contributed by atoms with van der Waals surface area (Å²) in [7, 11) is 0. The standard InChI is InChI=1S/C9H6ClFN2O2/c10-7-2-1-5(11)3-6(7)9-12-8(4-14)15-13-9/h1-3,14H,4H2. The van der Waals surface area contributed by atoms with Crippen LogP contribution in [-0.2, 0) is 6.61 Å². The smallest absolute Gasteiger partial charge is 0.252 e. The number of halogens is 2. The molecule has 0 radical (unpaired) electrons. The molecule has 0 bridgehead atoms. The van der Waals surface area contributed by atoms with Gasteiger partial charge in [-0.2, -0.15) is 4.98 Å². The molecule has 6 heteroatoms. The van der Waals surface area contributed by atoms with Crippen molar-refractivity contribution in [1.82, 2.24) is 10.1 Å². The quantitative estimate of drug-likeness (QED) is 0.854. The van der Waals surface area contributed by atoms with Gasteiger partial charge >= 0.3 is 0 Å². The van der Waals surface area contributed by atoms with Crippen molar-refractivity contribution in [3.8, 4) is 11.4 Å². The fraction of sp³-hybridized carbons (Fsp3) is 0.111. The van der Waals surface area contributed by atoms with Gasteiger partial charge in [0.2, 0.25) is 5.82 Å². The van der Waals surface area contributed by atoms with Crippen molar-refractivity contribution in [2.45, 2.75) is 6.61 Å². The van der Waals surface area contributed by atoms with Crippen LogP contribution in [0.3, 0.4) is 0 Å². The fourth-order valence-electron chi connectivity index (χ4n) is 1.10. The molecule has 0 unspecified atom stereocenters. The van der Waals surface area contributed by atoms with Crippen molar-refractivity contribution in [1.29, 1.82) is 0 Å². The van der Waals surface area contributed by atoms with E-state index in [4.69, 9.17) is 16.7 Å². The number of benzene rings is 1. The van der Waals surface area contributed by atoms with Gasteiger partial charge in [-0.25, -0.2) is 4.39 Å². The first-order valence-electron chi connectivity index (χ1n) is 4.09. The van der Waals surface area contributed by atoms with Gasteiger partial charge < -0.3 is 9.63 Å². The lowest BCUT2D eigenvalue weighted by molar-refractivity contribution is 0.222. The fourth-order valence-corrected chi connectivity index (χ4v) is 1.30. The van der Waals surface area contributed by atoms with Gasteiger partial charge in [-0.1, -0.05) is 16.8 Å². The van der Waals surface area contributed by atoms with Crippen LogP contribution in [0.1, 0.15) is 5.89 Å². The number of nitrogens with zero attached hydrogens (tertiary/aromatic N) is 2. The summed E-state index contributed by atoms with van der Waals surface area (Å²) in [5.74, 6) is -0.223. The lowest BCUT2D eigenvalue weighted by atomic mass is 10.2. The molecule has 0 atom stereocenters. The third-order valence-electron chi connectivity index (χ3n) is 1.77. The zero-order chi connectivity index (χ0) is 10.8. The van der Waals surface area contributed by atoms with Gasteiger partial charge in [0.1, 0.15) is 12.4 Å². The molecule has 0 spiro atoms. The Hall–Kier alpha value is -1.46.